The van der Waals surface area contributed by atoms with Crippen LogP contribution in [0.1, 0.15) is 41.2 Å². The van der Waals surface area contributed by atoms with Gasteiger partial charge in [0.2, 0.25) is 10.0 Å². The Hall–Kier alpha value is -2.07. The van der Waals surface area contributed by atoms with Crippen molar-refractivity contribution in [1.82, 2.24) is 10.2 Å². The summed E-state index contributed by atoms with van der Waals surface area (Å²) in [6.07, 6.45) is 3.33. The summed E-state index contributed by atoms with van der Waals surface area (Å²) in [6.45, 7) is 2.19. The van der Waals surface area contributed by atoms with Crippen molar-refractivity contribution in [3.05, 3.63) is 47.5 Å². The van der Waals surface area contributed by atoms with Crippen molar-refractivity contribution in [2.45, 2.75) is 35.1 Å². The van der Waals surface area contributed by atoms with Crippen molar-refractivity contribution in [3.8, 4) is 0 Å². The second-order valence-electron chi connectivity index (χ2n) is 8.02. The van der Waals surface area contributed by atoms with Crippen molar-refractivity contribution >= 4 is 39.1 Å². The number of hydrogen-bond donors (Lipinski definition) is 2. The lowest BCUT2D eigenvalue weighted by Crippen LogP contribution is -2.42. The molecule has 158 valence electrons. The van der Waals surface area contributed by atoms with E-state index in [1.165, 1.54) is 6.42 Å². The molecule has 0 aliphatic carbocycles. The molecular formula is C21H24N4O3S2. The van der Waals surface area contributed by atoms with Gasteiger partial charge in [0.05, 0.1) is 35.4 Å². The van der Waals surface area contributed by atoms with Gasteiger partial charge in [-0.2, -0.15) is 0 Å². The molecule has 2 aromatic rings. The number of benzene rings is 2. The van der Waals surface area contributed by atoms with Gasteiger partial charge in [-0.05, 0) is 55.8 Å². The van der Waals surface area contributed by atoms with Gasteiger partial charge in [-0.25, -0.2) is 13.6 Å². The van der Waals surface area contributed by atoms with Crippen LogP contribution in [0.4, 0.5) is 11.4 Å². The van der Waals surface area contributed by atoms with E-state index in [-0.39, 0.29) is 17.7 Å². The van der Waals surface area contributed by atoms with Crippen LogP contribution in [0.25, 0.3) is 0 Å². The van der Waals surface area contributed by atoms with Crippen molar-refractivity contribution in [3.63, 3.8) is 0 Å². The number of nitrogens with two attached hydrogens (primary N) is 1. The molecule has 5 rings (SSSR count). The molecule has 1 amide bonds. The third kappa shape index (κ3) is 3.60. The highest BCUT2D eigenvalue weighted by Crippen LogP contribution is 2.50. The zero-order valence-electron chi connectivity index (χ0n) is 16.5. The lowest BCUT2D eigenvalue weighted by atomic mass is 10.0. The first-order valence-corrected chi connectivity index (χ1v) is 12.7. The zero-order chi connectivity index (χ0) is 20.9. The summed E-state index contributed by atoms with van der Waals surface area (Å²) in [5.41, 5.74) is 3.62. The largest absolute Gasteiger partial charge is 0.334 e. The van der Waals surface area contributed by atoms with E-state index in [0.29, 0.717) is 12.2 Å². The summed E-state index contributed by atoms with van der Waals surface area (Å²) in [5, 5.41) is 8.39. The van der Waals surface area contributed by atoms with Gasteiger partial charge >= 0.3 is 0 Å². The van der Waals surface area contributed by atoms with Crippen LogP contribution in [0.3, 0.4) is 0 Å². The van der Waals surface area contributed by atoms with E-state index in [4.69, 9.17) is 5.14 Å². The minimum Gasteiger partial charge on any atom is -0.334 e. The molecule has 7 nitrogen and oxygen atoms in total. The van der Waals surface area contributed by atoms with E-state index >= 15 is 0 Å². The Morgan fingerprint density at radius 2 is 1.90 bits per heavy atom. The molecule has 3 aliphatic heterocycles. The van der Waals surface area contributed by atoms with Crippen LogP contribution in [0.5, 0.6) is 0 Å². The highest BCUT2D eigenvalue weighted by Gasteiger charge is 2.33. The first-order chi connectivity index (χ1) is 14.4. The molecule has 3 heterocycles. The van der Waals surface area contributed by atoms with Gasteiger partial charge in [0.15, 0.2) is 0 Å². The van der Waals surface area contributed by atoms with Crippen LogP contribution < -0.4 is 15.4 Å². The Balaban J connectivity index is 1.55. The number of nitrogens with zero attached hydrogens (tertiary/aromatic N) is 2. The fraction of sp³-hybridized carbons (Fsp3) is 0.381. The quantitative estimate of drug-likeness (QED) is 0.753. The Bertz CT molecular complexity index is 1110. The standard InChI is InChI=1S/C21H24N4O3S2/c22-30(27,28)12-17(24-9-2-1-3-10-24)14-7-8-16-19(11-14)29-18-6-4-5-15-20(18)25(16)13-23-21(15)26/h4-8,11,17H,1-3,9-10,12-13H2,(H,23,26)(H2,22,27,28). The van der Waals surface area contributed by atoms with Crippen LogP contribution in [0, 0.1) is 0 Å². The third-order valence-electron chi connectivity index (χ3n) is 6.01. The topological polar surface area (TPSA) is 95.7 Å². The summed E-state index contributed by atoms with van der Waals surface area (Å²) in [7, 11) is -3.62. The summed E-state index contributed by atoms with van der Waals surface area (Å²) in [6, 6.07) is 11.7. The van der Waals surface area contributed by atoms with Crippen LogP contribution in [-0.4, -0.2) is 44.7 Å². The van der Waals surface area contributed by atoms with E-state index in [2.05, 4.69) is 21.2 Å². The number of amides is 1. The number of nitrogens with one attached hydrogen (secondary N) is 1. The predicted octanol–water partition coefficient (Wildman–Crippen LogP) is 2.81. The molecular weight excluding hydrogens is 420 g/mol. The van der Waals surface area contributed by atoms with Crippen molar-refractivity contribution in [2.75, 3.05) is 30.4 Å². The van der Waals surface area contributed by atoms with E-state index in [1.54, 1.807) is 11.8 Å². The second-order valence-corrected chi connectivity index (χ2v) is 10.8. The number of carbonyl (C=O) groups is 1. The fourth-order valence-corrected chi connectivity index (χ4v) is 6.64. The van der Waals surface area contributed by atoms with Gasteiger partial charge in [0, 0.05) is 9.79 Å². The highest BCUT2D eigenvalue weighted by atomic mass is 32.2. The number of anilines is 2. The Morgan fingerprint density at radius 1 is 1.10 bits per heavy atom. The van der Waals surface area contributed by atoms with Gasteiger partial charge in [-0.15, -0.1) is 0 Å². The number of rotatable bonds is 4. The molecule has 0 bridgehead atoms. The number of fused-ring (bicyclic) bond motifs is 2. The first-order valence-electron chi connectivity index (χ1n) is 10.2. The maximum Gasteiger partial charge on any atom is 0.254 e. The van der Waals surface area contributed by atoms with Gasteiger partial charge in [-0.3, -0.25) is 9.69 Å². The van der Waals surface area contributed by atoms with E-state index < -0.39 is 10.0 Å². The number of likely N-dealkylation sites (tertiary alicyclic amines) is 1. The molecule has 30 heavy (non-hydrogen) atoms. The molecule has 3 aliphatic rings. The van der Waals surface area contributed by atoms with Crippen molar-refractivity contribution in [2.24, 2.45) is 5.14 Å². The summed E-state index contributed by atoms with van der Waals surface area (Å²) < 4.78 is 24.0. The van der Waals surface area contributed by atoms with Crippen LogP contribution in [-0.2, 0) is 10.0 Å². The number of sulfonamides is 1. The molecule has 0 aromatic heterocycles. The van der Waals surface area contributed by atoms with Crippen LogP contribution >= 0.6 is 11.8 Å². The molecule has 9 heteroatoms. The number of primary sulfonamides is 1. The third-order valence-corrected chi connectivity index (χ3v) is 7.89. The molecule has 1 unspecified atom stereocenters. The summed E-state index contributed by atoms with van der Waals surface area (Å²) in [5.74, 6) is -0.140. The molecule has 1 fully saturated rings. The lowest BCUT2D eigenvalue weighted by molar-refractivity contribution is 0.0949. The van der Waals surface area contributed by atoms with E-state index in [1.807, 2.05) is 30.3 Å². The van der Waals surface area contributed by atoms with Gasteiger partial charge in [0.1, 0.15) is 0 Å². The average molecular weight is 445 g/mol. The average Bonchev–Trinajstić information content (AvgIpc) is 2.73. The van der Waals surface area contributed by atoms with E-state index in [9.17, 15) is 13.2 Å². The monoisotopic (exact) mass is 444 g/mol. The Morgan fingerprint density at radius 3 is 2.67 bits per heavy atom. The minimum absolute atomic E-state index is 0.0536. The number of piperidine rings is 1. The fourth-order valence-electron chi connectivity index (χ4n) is 4.62. The minimum atomic E-state index is -3.62. The molecule has 0 saturated carbocycles. The maximum atomic E-state index is 12.3. The normalized spacial score (nSPS) is 19.6. The zero-order valence-corrected chi connectivity index (χ0v) is 18.1. The Kier molecular flexibility index (Phi) is 5.01. The summed E-state index contributed by atoms with van der Waals surface area (Å²) >= 11 is 1.63. The van der Waals surface area contributed by atoms with Gasteiger partial charge in [-0.1, -0.05) is 30.3 Å². The van der Waals surface area contributed by atoms with Crippen molar-refractivity contribution in [1.29, 1.82) is 0 Å². The first kappa shape index (κ1) is 19.9. The van der Waals surface area contributed by atoms with Crippen molar-refractivity contribution < 1.29 is 13.2 Å². The maximum absolute atomic E-state index is 12.3. The lowest BCUT2D eigenvalue weighted by Gasteiger charge is -2.38. The number of hydrogen-bond acceptors (Lipinski definition) is 6. The van der Waals surface area contributed by atoms with E-state index in [0.717, 1.165) is 52.7 Å². The summed E-state index contributed by atoms with van der Waals surface area (Å²) in [4.78, 5) is 18.7. The molecule has 2 aromatic carbocycles. The van der Waals surface area contributed by atoms with Crippen LogP contribution in [0.15, 0.2) is 46.2 Å². The number of carbonyl (C=O) groups excluding carboxylic acids is 1. The highest BCUT2D eigenvalue weighted by molar-refractivity contribution is 7.99. The van der Waals surface area contributed by atoms with Crippen LogP contribution in [0.2, 0.25) is 0 Å². The SMILES string of the molecule is NS(=O)(=O)CC(c1ccc2c(c1)Sc1cccc3c1N2CNC3=O)N1CCCCC1. The second kappa shape index (κ2) is 7.56. The molecule has 1 atom stereocenters. The molecule has 1 saturated heterocycles. The molecule has 0 radical (unpaired) electrons. The Labute approximate surface area is 180 Å². The predicted molar refractivity (Wildman–Crippen MR) is 118 cm³/mol. The number of para-hydroxylation sites is 1. The smallest absolute Gasteiger partial charge is 0.254 e. The van der Waals surface area contributed by atoms with Gasteiger partial charge < -0.3 is 10.2 Å². The van der Waals surface area contributed by atoms with Gasteiger partial charge in [0.25, 0.3) is 5.91 Å². The molecule has 0 spiro atoms. The molecule has 3 N–H and O–H groups in total.